The van der Waals surface area contributed by atoms with E-state index in [1.807, 2.05) is 24.3 Å². The van der Waals surface area contributed by atoms with Crippen LogP contribution in [-0.4, -0.2) is 10.5 Å². The van der Waals surface area contributed by atoms with Gasteiger partial charge >= 0.3 is 0 Å². The summed E-state index contributed by atoms with van der Waals surface area (Å²) in [6.45, 7) is 0. The molecule has 112 valence electrons. The number of para-hydroxylation sites is 1. The maximum atomic E-state index is 13.8. The maximum absolute atomic E-state index is 13.8. The summed E-state index contributed by atoms with van der Waals surface area (Å²) in [5.74, 6) is -0.970. The summed E-state index contributed by atoms with van der Waals surface area (Å²) in [6, 6.07) is 11.9. The quantitative estimate of drug-likeness (QED) is 0.667. The standard InChI is InChI=1S/C16H11BrClFN2O/c1-21-13-5-3-2-4-10(13)14(18)15(21)16(22)20-12-7-6-9(17)8-11(12)19/h2-8H,1H3,(H,20,22). The molecule has 0 spiro atoms. The molecular formula is C16H11BrClFN2O. The van der Waals surface area contributed by atoms with Crippen molar-refractivity contribution >= 4 is 50.0 Å². The monoisotopic (exact) mass is 380 g/mol. The van der Waals surface area contributed by atoms with Crippen molar-refractivity contribution < 1.29 is 9.18 Å². The highest BCUT2D eigenvalue weighted by molar-refractivity contribution is 9.10. The third-order valence-corrected chi connectivity index (χ3v) is 4.32. The fourth-order valence-corrected chi connectivity index (χ4v) is 3.08. The van der Waals surface area contributed by atoms with Crippen molar-refractivity contribution in [2.45, 2.75) is 0 Å². The van der Waals surface area contributed by atoms with Crippen LogP contribution < -0.4 is 5.32 Å². The van der Waals surface area contributed by atoms with Crippen LogP contribution in [0.4, 0.5) is 10.1 Å². The molecule has 0 aliphatic heterocycles. The van der Waals surface area contributed by atoms with Gasteiger partial charge < -0.3 is 9.88 Å². The molecule has 3 rings (SSSR count). The second kappa shape index (κ2) is 5.74. The molecule has 0 unspecified atom stereocenters. The zero-order valence-electron chi connectivity index (χ0n) is 11.5. The Balaban J connectivity index is 2.02. The van der Waals surface area contributed by atoms with Crippen LogP contribution in [-0.2, 0) is 7.05 Å². The minimum atomic E-state index is -0.516. The highest BCUT2D eigenvalue weighted by Gasteiger charge is 2.20. The number of aromatic nitrogens is 1. The number of hydrogen-bond donors (Lipinski definition) is 1. The van der Waals surface area contributed by atoms with Gasteiger partial charge in [0.05, 0.1) is 10.7 Å². The van der Waals surface area contributed by atoms with E-state index in [0.29, 0.717) is 15.2 Å². The highest BCUT2D eigenvalue weighted by Crippen LogP contribution is 2.30. The number of halogens is 3. The summed E-state index contributed by atoms with van der Waals surface area (Å²) in [4.78, 5) is 12.5. The largest absolute Gasteiger partial charge is 0.338 e. The van der Waals surface area contributed by atoms with Crippen LogP contribution in [0.25, 0.3) is 10.9 Å². The van der Waals surface area contributed by atoms with Crippen molar-refractivity contribution in [1.82, 2.24) is 4.57 Å². The van der Waals surface area contributed by atoms with E-state index >= 15 is 0 Å². The smallest absolute Gasteiger partial charge is 0.273 e. The SMILES string of the molecule is Cn1c(C(=O)Nc2ccc(Br)cc2F)c(Cl)c2ccccc21. The molecule has 22 heavy (non-hydrogen) atoms. The van der Waals surface area contributed by atoms with Gasteiger partial charge in [0.1, 0.15) is 11.5 Å². The molecule has 1 aromatic heterocycles. The molecule has 0 aliphatic carbocycles. The van der Waals surface area contributed by atoms with Crippen molar-refractivity contribution in [1.29, 1.82) is 0 Å². The van der Waals surface area contributed by atoms with E-state index in [-0.39, 0.29) is 5.69 Å². The van der Waals surface area contributed by atoms with Crippen LogP contribution in [0.3, 0.4) is 0 Å². The lowest BCUT2D eigenvalue weighted by atomic mass is 10.2. The van der Waals surface area contributed by atoms with Crippen LogP contribution in [0.1, 0.15) is 10.5 Å². The molecule has 2 aromatic carbocycles. The Hall–Kier alpha value is -1.85. The lowest BCUT2D eigenvalue weighted by molar-refractivity contribution is 0.101. The van der Waals surface area contributed by atoms with Gasteiger partial charge in [0.2, 0.25) is 0 Å². The number of rotatable bonds is 2. The minimum absolute atomic E-state index is 0.106. The molecule has 3 aromatic rings. The summed E-state index contributed by atoms with van der Waals surface area (Å²) >= 11 is 9.48. The number of carbonyl (C=O) groups is 1. The number of aryl methyl sites for hydroxylation is 1. The normalized spacial score (nSPS) is 10.9. The Morgan fingerprint density at radius 1 is 1.27 bits per heavy atom. The Kier molecular flexibility index (Phi) is 3.93. The predicted octanol–water partition coefficient (Wildman–Crippen LogP) is 4.99. The van der Waals surface area contributed by atoms with Gasteiger partial charge in [0, 0.05) is 22.4 Å². The van der Waals surface area contributed by atoms with E-state index in [1.54, 1.807) is 17.7 Å². The third kappa shape index (κ3) is 2.51. The average Bonchev–Trinajstić information content (AvgIpc) is 2.74. The maximum Gasteiger partial charge on any atom is 0.273 e. The van der Waals surface area contributed by atoms with E-state index in [9.17, 15) is 9.18 Å². The molecule has 1 N–H and O–H groups in total. The number of amides is 1. The molecule has 0 fully saturated rings. The summed E-state index contributed by atoms with van der Waals surface area (Å²) < 4.78 is 16.1. The van der Waals surface area contributed by atoms with Gasteiger partial charge in [-0.05, 0) is 24.3 Å². The number of hydrogen-bond acceptors (Lipinski definition) is 1. The lowest BCUT2D eigenvalue weighted by Crippen LogP contribution is -2.16. The van der Waals surface area contributed by atoms with Crippen LogP contribution in [0.15, 0.2) is 46.9 Å². The zero-order valence-corrected chi connectivity index (χ0v) is 13.9. The van der Waals surface area contributed by atoms with Gasteiger partial charge in [-0.3, -0.25) is 4.79 Å². The fourth-order valence-electron chi connectivity index (χ4n) is 2.37. The first kappa shape index (κ1) is 15.1. The van der Waals surface area contributed by atoms with Crippen LogP contribution in [0.2, 0.25) is 5.02 Å². The van der Waals surface area contributed by atoms with Gasteiger partial charge in [-0.15, -0.1) is 0 Å². The summed E-state index contributed by atoms with van der Waals surface area (Å²) in [7, 11) is 1.75. The summed E-state index contributed by atoms with van der Waals surface area (Å²) in [5.41, 5.74) is 1.24. The van der Waals surface area contributed by atoms with E-state index in [1.165, 1.54) is 12.1 Å². The predicted molar refractivity (Wildman–Crippen MR) is 90.0 cm³/mol. The van der Waals surface area contributed by atoms with Crippen molar-refractivity contribution in [2.24, 2.45) is 7.05 Å². The molecular weight excluding hydrogens is 371 g/mol. The Labute approximate surface area is 139 Å². The second-order valence-electron chi connectivity index (χ2n) is 4.82. The second-order valence-corrected chi connectivity index (χ2v) is 6.11. The molecule has 3 nitrogen and oxygen atoms in total. The number of benzene rings is 2. The molecule has 0 saturated carbocycles. The highest BCUT2D eigenvalue weighted by atomic mass is 79.9. The molecule has 0 radical (unpaired) electrons. The lowest BCUT2D eigenvalue weighted by Gasteiger charge is -2.08. The minimum Gasteiger partial charge on any atom is -0.338 e. The zero-order chi connectivity index (χ0) is 15.9. The molecule has 0 bridgehead atoms. The van der Waals surface area contributed by atoms with E-state index in [4.69, 9.17) is 11.6 Å². The number of nitrogens with zero attached hydrogens (tertiary/aromatic N) is 1. The summed E-state index contributed by atoms with van der Waals surface area (Å²) in [6.07, 6.45) is 0. The van der Waals surface area contributed by atoms with Crippen molar-refractivity contribution in [3.63, 3.8) is 0 Å². The number of anilines is 1. The first-order chi connectivity index (χ1) is 10.5. The molecule has 6 heteroatoms. The van der Waals surface area contributed by atoms with Crippen LogP contribution in [0.5, 0.6) is 0 Å². The first-order valence-electron chi connectivity index (χ1n) is 6.48. The first-order valence-corrected chi connectivity index (χ1v) is 7.65. The van der Waals surface area contributed by atoms with E-state index in [0.717, 1.165) is 10.9 Å². The van der Waals surface area contributed by atoms with E-state index < -0.39 is 11.7 Å². The molecule has 0 aliphatic rings. The van der Waals surface area contributed by atoms with Crippen molar-refractivity contribution in [3.05, 3.63) is 63.5 Å². The Morgan fingerprint density at radius 2 is 2.00 bits per heavy atom. The van der Waals surface area contributed by atoms with Gasteiger partial charge in [-0.25, -0.2) is 4.39 Å². The molecule has 0 atom stereocenters. The van der Waals surface area contributed by atoms with Gasteiger partial charge in [0.15, 0.2) is 0 Å². The number of carbonyl (C=O) groups excluding carboxylic acids is 1. The van der Waals surface area contributed by atoms with Crippen LogP contribution >= 0.6 is 27.5 Å². The molecule has 1 amide bonds. The van der Waals surface area contributed by atoms with Crippen LogP contribution in [0, 0.1) is 5.82 Å². The third-order valence-electron chi connectivity index (χ3n) is 3.44. The number of fused-ring (bicyclic) bond motifs is 1. The van der Waals surface area contributed by atoms with Crippen molar-refractivity contribution in [3.8, 4) is 0 Å². The molecule has 0 saturated heterocycles. The van der Waals surface area contributed by atoms with Gasteiger partial charge in [-0.1, -0.05) is 45.7 Å². The summed E-state index contributed by atoms with van der Waals surface area (Å²) in [5, 5.41) is 3.70. The van der Waals surface area contributed by atoms with Gasteiger partial charge in [0.25, 0.3) is 5.91 Å². The van der Waals surface area contributed by atoms with E-state index in [2.05, 4.69) is 21.2 Å². The Morgan fingerprint density at radius 3 is 2.68 bits per heavy atom. The Bertz CT molecular complexity index is 852. The number of nitrogens with one attached hydrogen (secondary N) is 1. The average molecular weight is 382 g/mol. The van der Waals surface area contributed by atoms with Crippen molar-refractivity contribution in [2.75, 3.05) is 5.32 Å². The molecule has 1 heterocycles. The fraction of sp³-hybridized carbons (Fsp3) is 0.0625. The van der Waals surface area contributed by atoms with Gasteiger partial charge in [-0.2, -0.15) is 0 Å². The topological polar surface area (TPSA) is 34.0 Å².